The molecule has 1 saturated carbocycles. The van der Waals surface area contributed by atoms with Crippen LogP contribution in [0.2, 0.25) is 0 Å². The van der Waals surface area contributed by atoms with Gasteiger partial charge in [-0.25, -0.2) is 0 Å². The Morgan fingerprint density at radius 2 is 2.06 bits per heavy atom. The second kappa shape index (κ2) is 4.88. The van der Waals surface area contributed by atoms with Crippen LogP contribution in [0, 0.1) is 12.8 Å². The van der Waals surface area contributed by atoms with E-state index in [2.05, 4.69) is 37.1 Å². The number of nitrogens with zero attached hydrogens (tertiary/aromatic N) is 1. The monoisotopic (exact) mass is 233 g/mol. The van der Waals surface area contributed by atoms with Gasteiger partial charge < -0.3 is 5.11 Å². The van der Waals surface area contributed by atoms with Crippen molar-refractivity contribution >= 4 is 5.97 Å². The minimum atomic E-state index is -0.648. The number of hydrogen-bond donors (Lipinski definition) is 1. The first-order valence-corrected chi connectivity index (χ1v) is 6.05. The molecule has 2 rings (SSSR count). The van der Waals surface area contributed by atoms with Crippen molar-refractivity contribution in [3.63, 3.8) is 0 Å². The highest BCUT2D eigenvalue weighted by Gasteiger charge is 2.36. The van der Waals surface area contributed by atoms with Gasteiger partial charge in [0, 0.05) is 12.6 Å². The van der Waals surface area contributed by atoms with E-state index in [-0.39, 0.29) is 5.92 Å². The van der Waals surface area contributed by atoms with Crippen molar-refractivity contribution in [1.82, 2.24) is 4.90 Å². The van der Waals surface area contributed by atoms with Crippen molar-refractivity contribution in [3.8, 4) is 0 Å². The summed E-state index contributed by atoms with van der Waals surface area (Å²) in [6.07, 6.45) is 1.58. The fraction of sp³-hybridized carbons (Fsp3) is 0.500. The SMILES string of the molecule is Cc1ccccc1CN(C)C1CC(C(=O)O)C1. The molecule has 17 heavy (non-hydrogen) atoms. The lowest BCUT2D eigenvalue weighted by molar-refractivity contribution is -0.146. The minimum absolute atomic E-state index is 0.126. The zero-order valence-electron chi connectivity index (χ0n) is 10.4. The van der Waals surface area contributed by atoms with Crippen LogP contribution >= 0.6 is 0 Å². The molecule has 0 bridgehead atoms. The van der Waals surface area contributed by atoms with Gasteiger partial charge in [-0.15, -0.1) is 0 Å². The molecule has 1 aliphatic carbocycles. The van der Waals surface area contributed by atoms with Gasteiger partial charge in [-0.05, 0) is 37.9 Å². The molecule has 0 radical (unpaired) electrons. The fourth-order valence-corrected chi connectivity index (χ4v) is 2.33. The largest absolute Gasteiger partial charge is 0.481 e. The third-order valence-corrected chi connectivity index (χ3v) is 3.77. The van der Waals surface area contributed by atoms with E-state index in [4.69, 9.17) is 5.11 Å². The van der Waals surface area contributed by atoms with Crippen molar-refractivity contribution in [2.45, 2.75) is 32.4 Å². The van der Waals surface area contributed by atoms with E-state index in [9.17, 15) is 4.79 Å². The van der Waals surface area contributed by atoms with Crippen molar-refractivity contribution in [2.24, 2.45) is 5.92 Å². The lowest BCUT2D eigenvalue weighted by atomic mass is 9.79. The van der Waals surface area contributed by atoms with Crippen LogP contribution in [0.5, 0.6) is 0 Å². The zero-order chi connectivity index (χ0) is 12.4. The highest BCUT2D eigenvalue weighted by atomic mass is 16.4. The van der Waals surface area contributed by atoms with E-state index < -0.39 is 5.97 Å². The smallest absolute Gasteiger partial charge is 0.306 e. The summed E-state index contributed by atoms with van der Waals surface area (Å²) >= 11 is 0. The number of aryl methyl sites for hydroxylation is 1. The van der Waals surface area contributed by atoms with Crippen LogP contribution in [0.15, 0.2) is 24.3 Å². The van der Waals surface area contributed by atoms with Crippen molar-refractivity contribution in [3.05, 3.63) is 35.4 Å². The Hall–Kier alpha value is -1.35. The molecular formula is C14H19NO2. The number of aliphatic carboxylic acids is 1. The van der Waals surface area contributed by atoms with Crippen LogP contribution in [-0.4, -0.2) is 29.1 Å². The van der Waals surface area contributed by atoms with Crippen molar-refractivity contribution in [2.75, 3.05) is 7.05 Å². The number of carboxylic acids is 1. The second-order valence-electron chi connectivity index (χ2n) is 5.00. The molecule has 0 aromatic heterocycles. The summed E-state index contributed by atoms with van der Waals surface area (Å²) in [7, 11) is 2.08. The number of carbonyl (C=O) groups is 1. The molecule has 1 fully saturated rings. The molecule has 1 aromatic carbocycles. The van der Waals surface area contributed by atoms with Gasteiger partial charge in [-0.1, -0.05) is 24.3 Å². The molecule has 3 nitrogen and oxygen atoms in total. The molecule has 0 aliphatic heterocycles. The fourth-order valence-electron chi connectivity index (χ4n) is 2.33. The summed E-state index contributed by atoms with van der Waals surface area (Å²) in [6, 6.07) is 8.78. The van der Waals surface area contributed by atoms with Crippen LogP contribution < -0.4 is 0 Å². The van der Waals surface area contributed by atoms with Crippen molar-refractivity contribution < 1.29 is 9.90 Å². The molecule has 3 heteroatoms. The van der Waals surface area contributed by atoms with Gasteiger partial charge in [0.1, 0.15) is 0 Å². The molecule has 0 unspecified atom stereocenters. The van der Waals surface area contributed by atoms with Crippen LogP contribution in [0.1, 0.15) is 24.0 Å². The molecule has 1 aromatic rings. The van der Waals surface area contributed by atoms with Gasteiger partial charge in [0.15, 0.2) is 0 Å². The topological polar surface area (TPSA) is 40.5 Å². The summed E-state index contributed by atoms with van der Waals surface area (Å²) in [4.78, 5) is 13.0. The first kappa shape index (κ1) is 12.1. The first-order valence-electron chi connectivity index (χ1n) is 6.05. The number of carboxylic acid groups (broad SMARTS) is 1. The van der Waals surface area contributed by atoms with Gasteiger partial charge in [-0.3, -0.25) is 9.69 Å². The predicted octanol–water partition coefficient (Wildman–Crippen LogP) is 2.29. The van der Waals surface area contributed by atoms with Crippen molar-refractivity contribution in [1.29, 1.82) is 0 Å². The van der Waals surface area contributed by atoms with E-state index in [1.165, 1.54) is 11.1 Å². The van der Waals surface area contributed by atoms with Gasteiger partial charge in [0.2, 0.25) is 0 Å². The van der Waals surface area contributed by atoms with Gasteiger partial charge in [-0.2, -0.15) is 0 Å². The summed E-state index contributed by atoms with van der Waals surface area (Å²) in [5, 5.41) is 8.85. The lowest BCUT2D eigenvalue weighted by Gasteiger charge is -2.39. The Balaban J connectivity index is 1.89. The maximum absolute atomic E-state index is 10.7. The van der Waals surface area contributed by atoms with E-state index in [0.29, 0.717) is 6.04 Å². The third-order valence-electron chi connectivity index (χ3n) is 3.77. The number of hydrogen-bond acceptors (Lipinski definition) is 2. The summed E-state index contributed by atoms with van der Waals surface area (Å²) in [6.45, 7) is 3.02. The quantitative estimate of drug-likeness (QED) is 0.867. The van der Waals surface area contributed by atoms with Gasteiger partial charge in [0.25, 0.3) is 0 Å². The molecule has 0 amide bonds. The molecule has 0 atom stereocenters. The first-order chi connectivity index (χ1) is 8.08. The summed E-state index contributed by atoms with van der Waals surface area (Å²) in [5.74, 6) is -0.773. The highest BCUT2D eigenvalue weighted by molar-refractivity contribution is 5.71. The Labute approximate surface area is 102 Å². The summed E-state index contributed by atoms with van der Waals surface area (Å²) in [5.41, 5.74) is 2.63. The lowest BCUT2D eigenvalue weighted by Crippen LogP contribution is -2.44. The molecule has 0 saturated heterocycles. The number of rotatable bonds is 4. The molecule has 1 aliphatic rings. The van der Waals surface area contributed by atoms with E-state index in [1.54, 1.807) is 0 Å². The Morgan fingerprint density at radius 3 is 2.65 bits per heavy atom. The van der Waals surface area contributed by atoms with E-state index in [1.807, 2.05) is 6.07 Å². The van der Waals surface area contributed by atoms with Gasteiger partial charge >= 0.3 is 5.97 Å². The maximum atomic E-state index is 10.7. The molecule has 0 heterocycles. The highest BCUT2D eigenvalue weighted by Crippen LogP contribution is 2.32. The Morgan fingerprint density at radius 1 is 1.41 bits per heavy atom. The molecule has 92 valence electrons. The van der Waals surface area contributed by atoms with Crippen LogP contribution in [0.4, 0.5) is 0 Å². The Bertz CT molecular complexity index is 410. The van der Waals surface area contributed by atoms with Crippen LogP contribution in [0.25, 0.3) is 0 Å². The molecule has 1 N–H and O–H groups in total. The maximum Gasteiger partial charge on any atom is 0.306 e. The van der Waals surface area contributed by atoms with E-state index in [0.717, 1.165) is 19.4 Å². The molecule has 0 spiro atoms. The zero-order valence-corrected chi connectivity index (χ0v) is 10.4. The van der Waals surface area contributed by atoms with E-state index >= 15 is 0 Å². The second-order valence-corrected chi connectivity index (χ2v) is 5.00. The molecular weight excluding hydrogens is 214 g/mol. The number of benzene rings is 1. The van der Waals surface area contributed by atoms with Gasteiger partial charge in [0.05, 0.1) is 5.92 Å². The standard InChI is InChI=1S/C14H19NO2/c1-10-5-3-4-6-11(10)9-15(2)13-7-12(8-13)14(16)17/h3-6,12-13H,7-9H2,1-2H3,(H,16,17). The summed E-state index contributed by atoms with van der Waals surface area (Å²) < 4.78 is 0. The van der Waals surface area contributed by atoms with Crippen LogP contribution in [0.3, 0.4) is 0 Å². The normalized spacial score (nSPS) is 23.5. The average molecular weight is 233 g/mol. The minimum Gasteiger partial charge on any atom is -0.481 e. The predicted molar refractivity (Wildman–Crippen MR) is 66.8 cm³/mol. The Kier molecular flexibility index (Phi) is 3.48. The average Bonchev–Trinajstić information content (AvgIpc) is 2.18. The third kappa shape index (κ3) is 2.67. The van der Waals surface area contributed by atoms with Crippen LogP contribution in [-0.2, 0) is 11.3 Å².